The van der Waals surface area contributed by atoms with E-state index in [0.29, 0.717) is 6.04 Å². The minimum absolute atomic E-state index is 0.116. The van der Waals surface area contributed by atoms with E-state index in [4.69, 9.17) is 4.74 Å². The zero-order valence-electron chi connectivity index (χ0n) is 10.5. The SMILES string of the molecule is CNC1CC(c2cncs2)Oc2ccc(C)cc21. The predicted molar refractivity (Wildman–Crippen MR) is 73.1 cm³/mol. The highest BCUT2D eigenvalue weighted by atomic mass is 32.1. The highest BCUT2D eigenvalue weighted by molar-refractivity contribution is 7.09. The Kier molecular flexibility index (Phi) is 3.06. The Morgan fingerprint density at radius 2 is 2.33 bits per heavy atom. The molecule has 1 aromatic carbocycles. The summed E-state index contributed by atoms with van der Waals surface area (Å²) in [6.45, 7) is 2.11. The molecule has 94 valence electrons. The minimum Gasteiger partial charge on any atom is -0.484 e. The van der Waals surface area contributed by atoms with Crippen molar-refractivity contribution in [3.8, 4) is 5.75 Å². The maximum absolute atomic E-state index is 6.09. The molecule has 0 fully saturated rings. The number of rotatable bonds is 2. The van der Waals surface area contributed by atoms with Crippen molar-refractivity contribution in [2.45, 2.75) is 25.5 Å². The van der Waals surface area contributed by atoms with E-state index < -0.39 is 0 Å². The molecule has 0 amide bonds. The molecule has 2 atom stereocenters. The van der Waals surface area contributed by atoms with Crippen LogP contribution in [0.3, 0.4) is 0 Å². The molecule has 0 spiro atoms. The third-order valence-electron chi connectivity index (χ3n) is 3.38. The number of thiazole rings is 1. The summed E-state index contributed by atoms with van der Waals surface area (Å²) in [7, 11) is 2.01. The Morgan fingerprint density at radius 1 is 1.44 bits per heavy atom. The van der Waals surface area contributed by atoms with E-state index in [-0.39, 0.29) is 6.10 Å². The van der Waals surface area contributed by atoms with Gasteiger partial charge in [-0.1, -0.05) is 17.7 Å². The topological polar surface area (TPSA) is 34.2 Å². The van der Waals surface area contributed by atoms with Gasteiger partial charge in [0, 0.05) is 24.2 Å². The summed E-state index contributed by atoms with van der Waals surface area (Å²) < 4.78 is 6.09. The Labute approximate surface area is 111 Å². The molecule has 0 saturated carbocycles. The lowest BCUT2D eigenvalue weighted by Gasteiger charge is -2.31. The van der Waals surface area contributed by atoms with Crippen molar-refractivity contribution >= 4 is 11.3 Å². The van der Waals surface area contributed by atoms with Crippen molar-refractivity contribution in [1.82, 2.24) is 10.3 Å². The van der Waals surface area contributed by atoms with Crippen molar-refractivity contribution in [3.63, 3.8) is 0 Å². The number of aryl methyl sites for hydroxylation is 1. The maximum Gasteiger partial charge on any atom is 0.136 e. The van der Waals surface area contributed by atoms with Crippen LogP contribution in [0.25, 0.3) is 0 Å². The largest absolute Gasteiger partial charge is 0.484 e. The minimum atomic E-state index is 0.116. The fraction of sp³-hybridized carbons (Fsp3) is 0.357. The first-order valence-electron chi connectivity index (χ1n) is 6.11. The molecular weight excluding hydrogens is 244 g/mol. The van der Waals surface area contributed by atoms with Gasteiger partial charge in [0.15, 0.2) is 0 Å². The van der Waals surface area contributed by atoms with Crippen LogP contribution in [0.5, 0.6) is 5.75 Å². The number of nitrogens with zero attached hydrogens (tertiary/aromatic N) is 1. The van der Waals surface area contributed by atoms with E-state index in [1.165, 1.54) is 16.0 Å². The lowest BCUT2D eigenvalue weighted by Crippen LogP contribution is -2.26. The molecule has 4 heteroatoms. The van der Waals surface area contributed by atoms with Gasteiger partial charge in [-0.15, -0.1) is 11.3 Å². The maximum atomic E-state index is 6.09. The second-order valence-corrected chi connectivity index (χ2v) is 5.55. The van der Waals surface area contributed by atoms with Crippen molar-refractivity contribution in [2.24, 2.45) is 0 Å². The molecule has 0 aliphatic carbocycles. The number of hydrogen-bond acceptors (Lipinski definition) is 4. The molecule has 1 N–H and O–H groups in total. The molecule has 18 heavy (non-hydrogen) atoms. The van der Waals surface area contributed by atoms with E-state index in [2.05, 4.69) is 35.4 Å². The Hall–Kier alpha value is -1.39. The summed E-state index contributed by atoms with van der Waals surface area (Å²) in [5, 5.41) is 3.38. The molecule has 3 rings (SSSR count). The highest BCUT2D eigenvalue weighted by Gasteiger charge is 2.29. The zero-order chi connectivity index (χ0) is 12.5. The van der Waals surface area contributed by atoms with Crippen LogP contribution in [0.4, 0.5) is 0 Å². The summed E-state index contributed by atoms with van der Waals surface area (Å²) in [5.74, 6) is 0.990. The summed E-state index contributed by atoms with van der Waals surface area (Å²) in [6, 6.07) is 6.73. The number of hydrogen-bond donors (Lipinski definition) is 1. The van der Waals surface area contributed by atoms with Crippen LogP contribution in [-0.4, -0.2) is 12.0 Å². The summed E-state index contributed by atoms with van der Waals surface area (Å²) in [6.07, 6.45) is 2.97. The van der Waals surface area contributed by atoms with Crippen LogP contribution >= 0.6 is 11.3 Å². The second-order valence-electron chi connectivity index (χ2n) is 4.63. The van der Waals surface area contributed by atoms with Crippen LogP contribution in [0.2, 0.25) is 0 Å². The quantitative estimate of drug-likeness (QED) is 0.900. The number of benzene rings is 1. The van der Waals surface area contributed by atoms with Gasteiger partial charge >= 0.3 is 0 Å². The van der Waals surface area contributed by atoms with Gasteiger partial charge in [-0.3, -0.25) is 4.98 Å². The van der Waals surface area contributed by atoms with Gasteiger partial charge in [-0.2, -0.15) is 0 Å². The Morgan fingerprint density at radius 3 is 3.06 bits per heavy atom. The van der Waals surface area contributed by atoms with Crippen molar-refractivity contribution in [2.75, 3.05) is 7.05 Å². The lowest BCUT2D eigenvalue weighted by molar-refractivity contribution is 0.157. The van der Waals surface area contributed by atoms with Crippen LogP contribution in [0, 0.1) is 6.92 Å². The normalized spacial score (nSPS) is 22.3. The van der Waals surface area contributed by atoms with E-state index >= 15 is 0 Å². The van der Waals surface area contributed by atoms with Gasteiger partial charge in [0.05, 0.1) is 10.4 Å². The monoisotopic (exact) mass is 260 g/mol. The number of fused-ring (bicyclic) bond motifs is 1. The first-order valence-corrected chi connectivity index (χ1v) is 6.98. The van der Waals surface area contributed by atoms with Crippen LogP contribution in [0.15, 0.2) is 29.9 Å². The van der Waals surface area contributed by atoms with Gasteiger partial charge in [-0.25, -0.2) is 0 Å². The van der Waals surface area contributed by atoms with Crippen molar-refractivity contribution in [1.29, 1.82) is 0 Å². The fourth-order valence-corrected chi connectivity index (χ4v) is 3.08. The second kappa shape index (κ2) is 4.71. The summed E-state index contributed by atoms with van der Waals surface area (Å²) >= 11 is 1.66. The standard InChI is InChI=1S/C14H16N2OS/c1-9-3-4-12-10(5-9)11(15-2)6-13(17-12)14-7-16-8-18-14/h3-5,7-8,11,13,15H,6H2,1-2H3. The van der Waals surface area contributed by atoms with Gasteiger partial charge in [0.1, 0.15) is 11.9 Å². The van der Waals surface area contributed by atoms with Gasteiger partial charge in [-0.05, 0) is 20.0 Å². The third kappa shape index (κ3) is 2.02. The number of ether oxygens (including phenoxy) is 1. The Balaban J connectivity index is 1.97. The molecule has 1 aliphatic heterocycles. The molecule has 3 nitrogen and oxygen atoms in total. The molecule has 1 aromatic heterocycles. The predicted octanol–water partition coefficient (Wildman–Crippen LogP) is 3.24. The molecule has 2 aromatic rings. The molecule has 2 unspecified atom stereocenters. The van der Waals surface area contributed by atoms with Crippen LogP contribution < -0.4 is 10.1 Å². The summed E-state index contributed by atoms with van der Waals surface area (Å²) in [5.41, 5.74) is 4.39. The van der Waals surface area contributed by atoms with E-state index in [1.807, 2.05) is 18.8 Å². The van der Waals surface area contributed by atoms with Crippen molar-refractivity contribution in [3.05, 3.63) is 45.9 Å². The van der Waals surface area contributed by atoms with Crippen molar-refractivity contribution < 1.29 is 4.74 Å². The molecule has 1 aliphatic rings. The van der Waals surface area contributed by atoms with Crippen LogP contribution in [0.1, 0.15) is 34.6 Å². The highest BCUT2D eigenvalue weighted by Crippen LogP contribution is 2.41. The average Bonchev–Trinajstić information content (AvgIpc) is 2.91. The van der Waals surface area contributed by atoms with E-state index in [0.717, 1.165) is 12.2 Å². The van der Waals surface area contributed by atoms with E-state index in [9.17, 15) is 0 Å². The lowest BCUT2D eigenvalue weighted by atomic mass is 9.95. The van der Waals surface area contributed by atoms with Crippen LogP contribution in [-0.2, 0) is 0 Å². The Bertz CT molecular complexity index is 539. The number of aromatic nitrogens is 1. The smallest absolute Gasteiger partial charge is 0.136 e. The molecule has 0 saturated heterocycles. The first kappa shape index (κ1) is 11.7. The number of nitrogens with one attached hydrogen (secondary N) is 1. The molecular formula is C14H16N2OS. The first-order chi connectivity index (χ1) is 8.78. The third-order valence-corrected chi connectivity index (χ3v) is 4.24. The zero-order valence-corrected chi connectivity index (χ0v) is 11.3. The molecule has 0 radical (unpaired) electrons. The van der Waals surface area contributed by atoms with Gasteiger partial charge in [0.2, 0.25) is 0 Å². The molecule has 0 bridgehead atoms. The van der Waals surface area contributed by atoms with Gasteiger partial charge in [0.25, 0.3) is 0 Å². The fourth-order valence-electron chi connectivity index (χ4n) is 2.42. The summed E-state index contributed by atoms with van der Waals surface area (Å²) in [4.78, 5) is 5.33. The van der Waals surface area contributed by atoms with E-state index in [1.54, 1.807) is 11.3 Å². The molecule has 2 heterocycles. The average molecular weight is 260 g/mol. The van der Waals surface area contributed by atoms with Gasteiger partial charge < -0.3 is 10.1 Å².